The van der Waals surface area contributed by atoms with Gasteiger partial charge < -0.3 is 15.7 Å². The van der Waals surface area contributed by atoms with Gasteiger partial charge in [0.25, 0.3) is 0 Å². The standard InChI is InChI=1S/C11H22N2O2/c1-11(2,3)13-10(15)12-8-4-6-9(14)7-5-8/h8-9,14H,4-7H2,1-3H3,(H2,12,13,15). The van der Waals surface area contributed by atoms with Crippen molar-refractivity contribution in [2.24, 2.45) is 0 Å². The summed E-state index contributed by atoms with van der Waals surface area (Å²) in [4.78, 5) is 11.5. The molecule has 1 aliphatic rings. The van der Waals surface area contributed by atoms with Gasteiger partial charge in [-0.3, -0.25) is 0 Å². The zero-order chi connectivity index (χ0) is 11.5. The topological polar surface area (TPSA) is 61.4 Å². The summed E-state index contributed by atoms with van der Waals surface area (Å²) in [5, 5.41) is 15.1. The van der Waals surface area contributed by atoms with Crippen molar-refractivity contribution in [1.82, 2.24) is 10.6 Å². The first-order valence-electron chi connectivity index (χ1n) is 5.63. The Morgan fingerprint density at radius 3 is 2.20 bits per heavy atom. The predicted octanol–water partition coefficient (Wildman–Crippen LogP) is 1.39. The second kappa shape index (κ2) is 4.84. The fourth-order valence-electron chi connectivity index (χ4n) is 1.78. The molecule has 0 radical (unpaired) electrons. The van der Waals surface area contributed by atoms with E-state index in [1.54, 1.807) is 0 Å². The minimum Gasteiger partial charge on any atom is -0.393 e. The van der Waals surface area contributed by atoms with Gasteiger partial charge in [-0.05, 0) is 46.5 Å². The lowest BCUT2D eigenvalue weighted by Gasteiger charge is -2.28. The van der Waals surface area contributed by atoms with E-state index < -0.39 is 0 Å². The summed E-state index contributed by atoms with van der Waals surface area (Å²) < 4.78 is 0. The van der Waals surface area contributed by atoms with Crippen LogP contribution in [0.25, 0.3) is 0 Å². The minimum absolute atomic E-state index is 0.108. The molecule has 4 heteroatoms. The lowest BCUT2D eigenvalue weighted by molar-refractivity contribution is 0.117. The molecule has 0 atom stereocenters. The van der Waals surface area contributed by atoms with Crippen molar-refractivity contribution in [3.63, 3.8) is 0 Å². The van der Waals surface area contributed by atoms with E-state index in [4.69, 9.17) is 0 Å². The van der Waals surface area contributed by atoms with Gasteiger partial charge in [0.1, 0.15) is 0 Å². The van der Waals surface area contributed by atoms with E-state index in [0.717, 1.165) is 25.7 Å². The summed E-state index contributed by atoms with van der Waals surface area (Å²) >= 11 is 0. The van der Waals surface area contributed by atoms with E-state index in [1.807, 2.05) is 20.8 Å². The molecule has 0 bridgehead atoms. The molecule has 0 aromatic heterocycles. The minimum atomic E-state index is -0.196. The van der Waals surface area contributed by atoms with Crippen LogP contribution in [0.15, 0.2) is 0 Å². The quantitative estimate of drug-likeness (QED) is 0.617. The van der Waals surface area contributed by atoms with Gasteiger partial charge >= 0.3 is 6.03 Å². The van der Waals surface area contributed by atoms with Gasteiger partial charge in [-0.15, -0.1) is 0 Å². The molecule has 88 valence electrons. The van der Waals surface area contributed by atoms with Crippen LogP contribution in [0.1, 0.15) is 46.5 Å². The zero-order valence-electron chi connectivity index (χ0n) is 9.84. The molecule has 0 saturated heterocycles. The Morgan fingerprint density at radius 1 is 1.20 bits per heavy atom. The van der Waals surface area contributed by atoms with E-state index in [2.05, 4.69) is 10.6 Å². The summed E-state index contributed by atoms with van der Waals surface area (Å²) in [6.45, 7) is 5.87. The number of carbonyl (C=O) groups excluding carboxylic acids is 1. The molecule has 1 saturated carbocycles. The normalized spacial score (nSPS) is 27.2. The molecule has 0 aromatic carbocycles. The van der Waals surface area contributed by atoms with E-state index in [9.17, 15) is 9.90 Å². The molecular formula is C11H22N2O2. The highest BCUT2D eigenvalue weighted by atomic mass is 16.3. The Balaban J connectivity index is 2.27. The van der Waals surface area contributed by atoms with Gasteiger partial charge in [0.05, 0.1) is 6.10 Å². The number of carbonyl (C=O) groups is 1. The third-order valence-corrected chi connectivity index (χ3v) is 2.52. The molecule has 0 aromatic rings. The first-order chi connectivity index (χ1) is 6.87. The van der Waals surface area contributed by atoms with Gasteiger partial charge in [0.15, 0.2) is 0 Å². The highest BCUT2D eigenvalue weighted by Crippen LogP contribution is 2.18. The Bertz CT molecular complexity index is 215. The van der Waals surface area contributed by atoms with Crippen LogP contribution in [-0.2, 0) is 0 Å². The van der Waals surface area contributed by atoms with Gasteiger partial charge in [0.2, 0.25) is 0 Å². The molecule has 1 aliphatic carbocycles. The Kier molecular flexibility index (Phi) is 3.97. The maximum absolute atomic E-state index is 11.5. The van der Waals surface area contributed by atoms with E-state index in [-0.39, 0.29) is 23.7 Å². The number of nitrogens with one attached hydrogen (secondary N) is 2. The predicted molar refractivity (Wildman–Crippen MR) is 59.7 cm³/mol. The third-order valence-electron chi connectivity index (χ3n) is 2.52. The number of hydrogen-bond donors (Lipinski definition) is 3. The van der Waals surface area contributed by atoms with Crippen LogP contribution in [-0.4, -0.2) is 28.8 Å². The monoisotopic (exact) mass is 214 g/mol. The number of urea groups is 1. The lowest BCUT2D eigenvalue weighted by Crippen LogP contribution is -2.50. The summed E-state index contributed by atoms with van der Waals surface area (Å²) in [6.07, 6.45) is 3.16. The average Bonchev–Trinajstić information content (AvgIpc) is 2.05. The van der Waals surface area contributed by atoms with Crippen LogP contribution in [0, 0.1) is 0 Å². The SMILES string of the molecule is CC(C)(C)NC(=O)NC1CCC(O)CC1. The molecule has 0 spiro atoms. The number of aliphatic hydroxyl groups excluding tert-OH is 1. The highest BCUT2D eigenvalue weighted by Gasteiger charge is 2.22. The molecule has 3 N–H and O–H groups in total. The zero-order valence-corrected chi connectivity index (χ0v) is 9.84. The second-order valence-electron chi connectivity index (χ2n) is 5.35. The number of hydrogen-bond acceptors (Lipinski definition) is 2. The molecule has 1 rings (SSSR count). The molecule has 0 aliphatic heterocycles. The van der Waals surface area contributed by atoms with Gasteiger partial charge in [-0.2, -0.15) is 0 Å². The van der Waals surface area contributed by atoms with Crippen molar-refractivity contribution in [2.45, 2.75) is 64.1 Å². The van der Waals surface area contributed by atoms with E-state index >= 15 is 0 Å². The van der Waals surface area contributed by atoms with E-state index in [1.165, 1.54) is 0 Å². The Morgan fingerprint density at radius 2 is 1.73 bits per heavy atom. The van der Waals surface area contributed by atoms with Crippen LogP contribution in [0.3, 0.4) is 0 Å². The smallest absolute Gasteiger partial charge is 0.315 e. The molecular weight excluding hydrogens is 192 g/mol. The van der Waals surface area contributed by atoms with Crippen molar-refractivity contribution in [3.8, 4) is 0 Å². The molecule has 15 heavy (non-hydrogen) atoms. The maximum Gasteiger partial charge on any atom is 0.315 e. The van der Waals surface area contributed by atoms with Crippen molar-refractivity contribution in [1.29, 1.82) is 0 Å². The largest absolute Gasteiger partial charge is 0.393 e. The van der Waals surface area contributed by atoms with Crippen molar-refractivity contribution in [2.75, 3.05) is 0 Å². The Hall–Kier alpha value is -0.770. The van der Waals surface area contributed by atoms with Crippen LogP contribution in [0.5, 0.6) is 0 Å². The summed E-state index contributed by atoms with van der Waals surface area (Å²) in [7, 11) is 0. The second-order valence-corrected chi connectivity index (χ2v) is 5.35. The first-order valence-corrected chi connectivity index (χ1v) is 5.63. The fourth-order valence-corrected chi connectivity index (χ4v) is 1.78. The molecule has 0 unspecified atom stereocenters. The van der Waals surface area contributed by atoms with Gasteiger partial charge in [-0.1, -0.05) is 0 Å². The third kappa shape index (κ3) is 5.02. The van der Waals surface area contributed by atoms with Crippen LogP contribution < -0.4 is 10.6 Å². The molecule has 0 heterocycles. The van der Waals surface area contributed by atoms with Crippen molar-refractivity contribution >= 4 is 6.03 Å². The van der Waals surface area contributed by atoms with Gasteiger partial charge in [-0.25, -0.2) is 4.79 Å². The van der Waals surface area contributed by atoms with E-state index in [0.29, 0.717) is 0 Å². The lowest BCUT2D eigenvalue weighted by atomic mass is 9.93. The highest BCUT2D eigenvalue weighted by molar-refractivity contribution is 5.74. The number of amides is 2. The van der Waals surface area contributed by atoms with Gasteiger partial charge in [0, 0.05) is 11.6 Å². The Labute approximate surface area is 91.4 Å². The molecule has 2 amide bonds. The summed E-state index contributed by atoms with van der Waals surface area (Å²) in [5.74, 6) is 0. The van der Waals surface area contributed by atoms with Crippen LogP contribution in [0.4, 0.5) is 4.79 Å². The van der Waals surface area contributed by atoms with Crippen molar-refractivity contribution in [3.05, 3.63) is 0 Å². The maximum atomic E-state index is 11.5. The fraction of sp³-hybridized carbons (Fsp3) is 0.909. The summed E-state index contributed by atoms with van der Waals surface area (Å²) in [6, 6.07) is 0.111. The first kappa shape index (κ1) is 12.3. The molecule has 4 nitrogen and oxygen atoms in total. The van der Waals surface area contributed by atoms with Crippen molar-refractivity contribution < 1.29 is 9.90 Å². The number of aliphatic hydroxyl groups is 1. The molecule has 1 fully saturated rings. The number of rotatable bonds is 1. The summed E-state index contributed by atoms with van der Waals surface area (Å²) in [5.41, 5.74) is -0.196. The van der Waals surface area contributed by atoms with Crippen LogP contribution >= 0.6 is 0 Å². The average molecular weight is 214 g/mol. The van der Waals surface area contributed by atoms with Crippen LogP contribution in [0.2, 0.25) is 0 Å².